The molecule has 2 aromatic carbocycles. The van der Waals surface area contributed by atoms with Crippen LogP contribution >= 0.6 is 0 Å². The third-order valence-corrected chi connectivity index (χ3v) is 8.50. The lowest BCUT2D eigenvalue weighted by atomic mass is 9.55. The molecule has 5 rings (SSSR count). The van der Waals surface area contributed by atoms with Crippen LogP contribution in [0.4, 0.5) is 0 Å². The van der Waals surface area contributed by atoms with E-state index in [0.717, 1.165) is 44.1 Å². The van der Waals surface area contributed by atoms with Crippen molar-refractivity contribution >= 4 is 11.9 Å². The van der Waals surface area contributed by atoms with Crippen LogP contribution in [0.3, 0.4) is 0 Å². The summed E-state index contributed by atoms with van der Waals surface area (Å²) in [6, 6.07) is 14.2. The minimum Gasteiger partial charge on any atom is -0.485 e. The average Bonchev–Trinajstić information content (AvgIpc) is 3.13. The second-order valence-electron chi connectivity index (χ2n) is 10.5. The van der Waals surface area contributed by atoms with Gasteiger partial charge in [0.2, 0.25) is 0 Å². The van der Waals surface area contributed by atoms with E-state index in [1.165, 1.54) is 25.0 Å². The Bertz CT molecular complexity index is 1080. The quantitative estimate of drug-likeness (QED) is 0.404. The van der Waals surface area contributed by atoms with Gasteiger partial charge in [-0.15, -0.1) is 0 Å². The molecular weight excluding hydrogens is 428 g/mol. The zero-order chi connectivity index (χ0) is 23.9. The second-order valence-corrected chi connectivity index (χ2v) is 10.5. The van der Waals surface area contributed by atoms with Gasteiger partial charge in [0.05, 0.1) is 0 Å². The first-order valence-corrected chi connectivity index (χ1v) is 12.5. The van der Waals surface area contributed by atoms with Gasteiger partial charge in [0.1, 0.15) is 12.7 Å². The van der Waals surface area contributed by atoms with E-state index in [2.05, 4.69) is 19.1 Å². The Morgan fingerprint density at radius 3 is 2.50 bits per heavy atom. The number of esters is 2. The summed E-state index contributed by atoms with van der Waals surface area (Å²) in [4.78, 5) is 23.6. The van der Waals surface area contributed by atoms with Gasteiger partial charge in [0.25, 0.3) is 0 Å². The SMILES string of the molecule is CC(=O)Oc1cc2c(cc1OCc1ccccc1)CCC1C2CC[C@@]2(C)C1CC[C@@H]2OC(C)=O. The highest BCUT2D eigenvalue weighted by Crippen LogP contribution is 2.62. The van der Waals surface area contributed by atoms with Crippen LogP contribution in [0.5, 0.6) is 11.5 Å². The molecule has 0 amide bonds. The molecule has 5 nitrogen and oxygen atoms in total. The van der Waals surface area contributed by atoms with Crippen LogP contribution in [0.1, 0.15) is 75.5 Å². The van der Waals surface area contributed by atoms with Crippen molar-refractivity contribution < 1.29 is 23.8 Å². The van der Waals surface area contributed by atoms with Gasteiger partial charge in [-0.1, -0.05) is 37.3 Å². The van der Waals surface area contributed by atoms with Crippen LogP contribution in [0, 0.1) is 17.3 Å². The fraction of sp³-hybridized carbons (Fsp3) is 0.517. The van der Waals surface area contributed by atoms with Crippen molar-refractivity contribution in [2.45, 2.75) is 77.9 Å². The first-order chi connectivity index (χ1) is 16.3. The molecule has 0 saturated heterocycles. The standard InChI is InChI=1S/C29H34O5/c1-18(30)33-27-16-24-21(15-26(27)32-17-20-7-5-4-6-8-20)9-10-23-22(24)13-14-29(3)25(23)11-12-28(29)34-19(2)31/h4-8,15-16,22-23,25,28H,9-14,17H2,1-3H3/t22?,23?,25?,28-,29-/m0/s1. The summed E-state index contributed by atoms with van der Waals surface area (Å²) in [6.07, 6.45) is 6.33. The monoisotopic (exact) mass is 462 g/mol. The molecule has 180 valence electrons. The molecular formula is C29H34O5. The maximum Gasteiger partial charge on any atom is 0.308 e. The van der Waals surface area contributed by atoms with Crippen LogP contribution < -0.4 is 9.47 Å². The predicted octanol–water partition coefficient (Wildman–Crippen LogP) is 5.98. The molecule has 0 N–H and O–H groups in total. The second kappa shape index (κ2) is 9.09. The highest BCUT2D eigenvalue weighted by atomic mass is 16.6. The highest BCUT2D eigenvalue weighted by molar-refractivity contribution is 5.71. The maximum absolute atomic E-state index is 11.9. The van der Waals surface area contributed by atoms with E-state index in [1.54, 1.807) is 0 Å². The molecule has 0 aromatic heterocycles. The van der Waals surface area contributed by atoms with Crippen molar-refractivity contribution in [2.24, 2.45) is 17.3 Å². The number of fused-ring (bicyclic) bond motifs is 5. The molecule has 2 saturated carbocycles. The Morgan fingerprint density at radius 2 is 1.76 bits per heavy atom. The first-order valence-electron chi connectivity index (χ1n) is 12.5. The van der Waals surface area contributed by atoms with Crippen molar-refractivity contribution in [1.82, 2.24) is 0 Å². The molecule has 3 unspecified atom stereocenters. The molecule has 34 heavy (non-hydrogen) atoms. The summed E-state index contributed by atoms with van der Waals surface area (Å²) in [5.41, 5.74) is 3.74. The molecule has 5 atom stereocenters. The van der Waals surface area contributed by atoms with E-state index >= 15 is 0 Å². The normalized spacial score (nSPS) is 29.4. The minimum atomic E-state index is -0.340. The van der Waals surface area contributed by atoms with Crippen molar-refractivity contribution in [1.29, 1.82) is 0 Å². The Labute approximate surface area is 201 Å². The summed E-state index contributed by atoms with van der Waals surface area (Å²) in [6.45, 7) is 5.71. The summed E-state index contributed by atoms with van der Waals surface area (Å²) < 4.78 is 17.5. The zero-order valence-electron chi connectivity index (χ0n) is 20.3. The number of ether oxygens (including phenoxy) is 3. The molecule has 3 aliphatic carbocycles. The molecule has 2 aromatic rings. The van der Waals surface area contributed by atoms with E-state index in [9.17, 15) is 9.59 Å². The van der Waals surface area contributed by atoms with E-state index in [0.29, 0.717) is 35.9 Å². The summed E-state index contributed by atoms with van der Waals surface area (Å²) >= 11 is 0. The molecule has 0 aliphatic heterocycles. The molecule has 5 heteroatoms. The number of carbonyl (C=O) groups is 2. The Kier molecular flexibility index (Phi) is 6.13. The van der Waals surface area contributed by atoms with Crippen molar-refractivity contribution in [2.75, 3.05) is 0 Å². The first kappa shape index (κ1) is 22.9. The molecule has 0 bridgehead atoms. The number of hydrogen-bond acceptors (Lipinski definition) is 5. The molecule has 3 aliphatic rings. The van der Waals surface area contributed by atoms with E-state index in [1.807, 2.05) is 30.3 Å². The van der Waals surface area contributed by atoms with Crippen molar-refractivity contribution in [3.8, 4) is 11.5 Å². The van der Waals surface area contributed by atoms with E-state index in [4.69, 9.17) is 14.2 Å². The lowest BCUT2D eigenvalue weighted by molar-refractivity contribution is -0.154. The van der Waals surface area contributed by atoms with Crippen LogP contribution in [0.15, 0.2) is 42.5 Å². The lowest BCUT2D eigenvalue weighted by Crippen LogP contribution is -2.45. The number of carbonyl (C=O) groups excluding carboxylic acids is 2. The fourth-order valence-electron chi connectivity index (χ4n) is 7.01. The van der Waals surface area contributed by atoms with Crippen molar-refractivity contribution in [3.05, 3.63) is 59.2 Å². The largest absolute Gasteiger partial charge is 0.485 e. The van der Waals surface area contributed by atoms with Gasteiger partial charge in [-0.3, -0.25) is 9.59 Å². The average molecular weight is 463 g/mol. The number of aryl methyl sites for hydroxylation is 1. The number of hydrogen-bond donors (Lipinski definition) is 0. The summed E-state index contributed by atoms with van der Waals surface area (Å²) in [7, 11) is 0. The summed E-state index contributed by atoms with van der Waals surface area (Å²) in [5.74, 6) is 2.19. The third kappa shape index (κ3) is 4.21. The van der Waals surface area contributed by atoms with Crippen LogP contribution in [0.2, 0.25) is 0 Å². The van der Waals surface area contributed by atoms with Crippen LogP contribution in [-0.4, -0.2) is 18.0 Å². The van der Waals surface area contributed by atoms with Gasteiger partial charge >= 0.3 is 11.9 Å². The van der Waals surface area contributed by atoms with Gasteiger partial charge < -0.3 is 14.2 Å². The Hall–Kier alpha value is -2.82. The Balaban J connectivity index is 1.42. The predicted molar refractivity (Wildman–Crippen MR) is 129 cm³/mol. The number of benzene rings is 2. The van der Waals surface area contributed by atoms with Crippen LogP contribution in [-0.2, 0) is 27.4 Å². The summed E-state index contributed by atoms with van der Waals surface area (Å²) in [5, 5.41) is 0. The molecule has 0 radical (unpaired) electrons. The lowest BCUT2D eigenvalue weighted by Gasteiger charge is -2.50. The van der Waals surface area contributed by atoms with E-state index < -0.39 is 0 Å². The van der Waals surface area contributed by atoms with Gasteiger partial charge in [0.15, 0.2) is 11.5 Å². The maximum atomic E-state index is 11.9. The fourth-order valence-corrected chi connectivity index (χ4v) is 7.01. The molecule has 0 spiro atoms. The number of rotatable bonds is 5. The molecule has 2 fully saturated rings. The smallest absolute Gasteiger partial charge is 0.308 e. The van der Waals surface area contributed by atoms with Gasteiger partial charge in [0, 0.05) is 19.3 Å². The minimum absolute atomic E-state index is 0.0303. The zero-order valence-corrected chi connectivity index (χ0v) is 20.3. The van der Waals surface area contributed by atoms with Gasteiger partial charge in [-0.25, -0.2) is 0 Å². The van der Waals surface area contributed by atoms with Crippen LogP contribution in [0.25, 0.3) is 0 Å². The third-order valence-electron chi connectivity index (χ3n) is 8.50. The van der Waals surface area contributed by atoms with Gasteiger partial charge in [-0.2, -0.15) is 0 Å². The van der Waals surface area contributed by atoms with Gasteiger partial charge in [-0.05, 0) is 85.1 Å². The highest BCUT2D eigenvalue weighted by Gasteiger charge is 2.56. The molecule has 0 heterocycles. The van der Waals surface area contributed by atoms with E-state index in [-0.39, 0.29) is 23.5 Å². The topological polar surface area (TPSA) is 61.8 Å². The van der Waals surface area contributed by atoms with Crippen molar-refractivity contribution in [3.63, 3.8) is 0 Å². The Morgan fingerprint density at radius 1 is 0.971 bits per heavy atom.